The van der Waals surface area contributed by atoms with Crippen molar-refractivity contribution in [2.24, 2.45) is 11.8 Å². The summed E-state index contributed by atoms with van der Waals surface area (Å²) in [6.45, 7) is 9.53. The van der Waals surface area contributed by atoms with Gasteiger partial charge in [-0.1, -0.05) is 70.9 Å². The molecule has 0 aromatic heterocycles. The molecule has 180 valence electrons. The summed E-state index contributed by atoms with van der Waals surface area (Å²) in [6, 6.07) is 8.81. The van der Waals surface area contributed by atoms with Gasteiger partial charge in [0.2, 0.25) is 11.8 Å². The van der Waals surface area contributed by atoms with Crippen molar-refractivity contribution in [3.8, 4) is 0 Å². The number of hydrogen-bond donors (Lipinski definition) is 1. The van der Waals surface area contributed by atoms with E-state index in [1.54, 1.807) is 0 Å². The van der Waals surface area contributed by atoms with Crippen molar-refractivity contribution in [3.05, 3.63) is 35.9 Å². The second-order valence-electron chi connectivity index (χ2n) is 8.75. The van der Waals surface area contributed by atoms with Crippen molar-refractivity contribution in [1.82, 2.24) is 10.2 Å². The van der Waals surface area contributed by atoms with Gasteiger partial charge in [-0.25, -0.2) is 4.79 Å². The first-order valence-electron chi connectivity index (χ1n) is 12.0. The Hall–Kier alpha value is -2.37. The van der Waals surface area contributed by atoms with E-state index in [0.717, 1.165) is 31.2 Å². The molecule has 0 radical (unpaired) electrons. The summed E-state index contributed by atoms with van der Waals surface area (Å²) >= 11 is 0. The number of esters is 1. The fourth-order valence-electron chi connectivity index (χ4n) is 3.58. The Kier molecular flexibility index (Phi) is 13.3. The zero-order chi connectivity index (χ0) is 23.9. The molecule has 0 aliphatic heterocycles. The molecule has 0 saturated carbocycles. The molecule has 0 heterocycles. The fraction of sp³-hybridized carbons (Fsp3) is 0.654. The topological polar surface area (TPSA) is 75.7 Å². The normalized spacial score (nSPS) is 13.7. The molecule has 6 heteroatoms. The van der Waals surface area contributed by atoms with E-state index < -0.39 is 12.0 Å². The van der Waals surface area contributed by atoms with Crippen LogP contribution in [-0.2, 0) is 25.5 Å². The Balaban J connectivity index is 2.60. The smallest absolute Gasteiger partial charge is 0.328 e. The third kappa shape index (κ3) is 10.3. The molecule has 2 amide bonds. The van der Waals surface area contributed by atoms with Gasteiger partial charge < -0.3 is 15.0 Å². The Labute approximate surface area is 194 Å². The zero-order valence-electron chi connectivity index (χ0n) is 20.6. The molecule has 3 atom stereocenters. The van der Waals surface area contributed by atoms with E-state index in [1.165, 1.54) is 7.11 Å². The number of carbonyl (C=O) groups excluding carboxylic acids is 3. The summed E-state index contributed by atoms with van der Waals surface area (Å²) in [5, 5.41) is 2.84. The van der Waals surface area contributed by atoms with Gasteiger partial charge in [-0.15, -0.1) is 0 Å². The first-order chi connectivity index (χ1) is 15.3. The van der Waals surface area contributed by atoms with E-state index in [0.29, 0.717) is 38.3 Å². The van der Waals surface area contributed by atoms with E-state index in [1.807, 2.05) is 42.2 Å². The number of ether oxygens (including phenoxy) is 1. The number of methoxy groups -OCH3 is 1. The molecule has 0 aliphatic rings. The lowest BCUT2D eigenvalue weighted by Gasteiger charge is -2.25. The number of carbonyl (C=O) groups is 3. The highest BCUT2D eigenvalue weighted by Crippen LogP contribution is 2.14. The van der Waals surface area contributed by atoms with Crippen LogP contribution in [0.1, 0.15) is 71.8 Å². The average Bonchev–Trinajstić information content (AvgIpc) is 2.80. The van der Waals surface area contributed by atoms with Crippen LogP contribution in [0.3, 0.4) is 0 Å². The van der Waals surface area contributed by atoms with E-state index in [-0.39, 0.29) is 17.7 Å². The van der Waals surface area contributed by atoms with Crippen LogP contribution in [0.5, 0.6) is 0 Å². The monoisotopic (exact) mass is 446 g/mol. The van der Waals surface area contributed by atoms with Gasteiger partial charge in [0.25, 0.3) is 0 Å². The first-order valence-corrected chi connectivity index (χ1v) is 12.0. The zero-order valence-corrected chi connectivity index (χ0v) is 20.6. The van der Waals surface area contributed by atoms with Crippen LogP contribution in [-0.4, -0.2) is 48.9 Å². The predicted molar refractivity (Wildman–Crippen MR) is 128 cm³/mol. The van der Waals surface area contributed by atoms with Crippen LogP contribution in [0.4, 0.5) is 0 Å². The molecule has 0 unspecified atom stereocenters. The quantitative estimate of drug-likeness (QED) is 0.406. The third-order valence-corrected chi connectivity index (χ3v) is 6.00. The molecule has 32 heavy (non-hydrogen) atoms. The molecule has 6 nitrogen and oxygen atoms in total. The minimum atomic E-state index is -0.730. The van der Waals surface area contributed by atoms with Gasteiger partial charge >= 0.3 is 5.97 Å². The maximum absolute atomic E-state index is 12.8. The minimum absolute atomic E-state index is 0.166. The number of benzene rings is 1. The molecular formula is C26H42N2O4. The molecule has 1 N–H and O–H groups in total. The second kappa shape index (κ2) is 15.4. The fourth-order valence-corrected chi connectivity index (χ4v) is 3.58. The van der Waals surface area contributed by atoms with E-state index in [4.69, 9.17) is 4.74 Å². The Morgan fingerprint density at radius 2 is 1.72 bits per heavy atom. The summed E-state index contributed by atoms with van der Waals surface area (Å²) in [4.78, 5) is 39.5. The lowest BCUT2D eigenvalue weighted by atomic mass is 10.0. The highest BCUT2D eigenvalue weighted by Gasteiger charge is 2.25. The lowest BCUT2D eigenvalue weighted by Crippen LogP contribution is -2.45. The van der Waals surface area contributed by atoms with Crippen molar-refractivity contribution >= 4 is 17.8 Å². The number of nitrogens with zero attached hydrogens (tertiary/aromatic N) is 1. The highest BCUT2D eigenvalue weighted by atomic mass is 16.5. The van der Waals surface area contributed by atoms with E-state index in [9.17, 15) is 14.4 Å². The number of hydrogen-bond acceptors (Lipinski definition) is 4. The summed E-state index contributed by atoms with van der Waals surface area (Å²) in [5.74, 6) is -0.162. The van der Waals surface area contributed by atoms with Crippen LogP contribution in [0, 0.1) is 11.8 Å². The van der Waals surface area contributed by atoms with Gasteiger partial charge in [-0.2, -0.15) is 0 Å². The molecule has 0 saturated heterocycles. The van der Waals surface area contributed by atoms with Crippen LogP contribution in [0.2, 0.25) is 0 Å². The van der Waals surface area contributed by atoms with Gasteiger partial charge in [0, 0.05) is 31.8 Å². The molecule has 0 spiro atoms. The number of amides is 2. The van der Waals surface area contributed by atoms with Gasteiger partial charge in [0.1, 0.15) is 6.04 Å². The van der Waals surface area contributed by atoms with Crippen molar-refractivity contribution in [2.75, 3.05) is 20.2 Å². The van der Waals surface area contributed by atoms with Crippen LogP contribution in [0.25, 0.3) is 0 Å². The summed E-state index contributed by atoms with van der Waals surface area (Å²) in [5.41, 5.74) is 0.952. The molecule has 1 rings (SSSR count). The van der Waals surface area contributed by atoms with E-state index in [2.05, 4.69) is 26.1 Å². The number of nitrogens with one attached hydrogen (secondary N) is 1. The molecule has 0 aliphatic carbocycles. The van der Waals surface area contributed by atoms with Crippen molar-refractivity contribution in [1.29, 1.82) is 0 Å². The van der Waals surface area contributed by atoms with Crippen molar-refractivity contribution in [3.63, 3.8) is 0 Å². The summed E-state index contributed by atoms with van der Waals surface area (Å²) in [6.07, 6.45) is 5.49. The van der Waals surface area contributed by atoms with E-state index >= 15 is 0 Å². The molecular weight excluding hydrogens is 404 g/mol. The molecule has 1 aromatic rings. The molecule has 1 aromatic carbocycles. The van der Waals surface area contributed by atoms with Gasteiger partial charge in [-0.3, -0.25) is 9.59 Å². The van der Waals surface area contributed by atoms with Gasteiger partial charge in [0.05, 0.1) is 7.11 Å². The van der Waals surface area contributed by atoms with Crippen LogP contribution in [0.15, 0.2) is 30.3 Å². The Bertz CT molecular complexity index is 692. The van der Waals surface area contributed by atoms with Crippen molar-refractivity contribution in [2.45, 2.75) is 78.7 Å². The first kappa shape index (κ1) is 27.7. The van der Waals surface area contributed by atoms with Crippen LogP contribution >= 0.6 is 0 Å². The standard InChI is InChI=1S/C26H42N2O4/c1-6-17-28(24(29)15-11-12-20(3)7-2)18-16-21(4)25(30)27-23(26(31)32-5)19-22-13-9-8-10-14-22/h8-10,13-14,20-21,23H,6-7,11-12,15-19H2,1-5H3,(H,27,30)/t20-,21+,23-/m0/s1. The third-order valence-electron chi connectivity index (χ3n) is 6.00. The maximum atomic E-state index is 12.8. The predicted octanol–water partition coefficient (Wildman–Crippen LogP) is 4.37. The summed E-state index contributed by atoms with van der Waals surface area (Å²) < 4.78 is 4.88. The average molecular weight is 447 g/mol. The Morgan fingerprint density at radius 1 is 1.03 bits per heavy atom. The maximum Gasteiger partial charge on any atom is 0.328 e. The van der Waals surface area contributed by atoms with Gasteiger partial charge in [0.15, 0.2) is 0 Å². The number of rotatable bonds is 15. The van der Waals surface area contributed by atoms with Crippen molar-refractivity contribution < 1.29 is 19.1 Å². The minimum Gasteiger partial charge on any atom is -0.467 e. The Morgan fingerprint density at radius 3 is 2.31 bits per heavy atom. The summed E-state index contributed by atoms with van der Waals surface area (Å²) in [7, 11) is 1.32. The largest absolute Gasteiger partial charge is 0.467 e. The van der Waals surface area contributed by atoms with Crippen LogP contribution < -0.4 is 5.32 Å². The second-order valence-corrected chi connectivity index (χ2v) is 8.75. The lowest BCUT2D eigenvalue weighted by molar-refractivity contribution is -0.145. The molecule has 0 bridgehead atoms. The SMILES string of the molecule is CCCN(CC[C@@H](C)C(=O)N[C@@H](Cc1ccccc1)C(=O)OC)C(=O)CCC[C@@H](C)CC. The highest BCUT2D eigenvalue weighted by molar-refractivity contribution is 5.85. The molecule has 0 fully saturated rings. The van der Waals surface area contributed by atoms with Gasteiger partial charge in [-0.05, 0) is 30.7 Å².